The molecule has 4 heteroatoms. The summed E-state index contributed by atoms with van der Waals surface area (Å²) < 4.78 is 0. The van der Waals surface area contributed by atoms with E-state index >= 15 is 0 Å². The Morgan fingerprint density at radius 3 is 3.05 bits per heavy atom. The summed E-state index contributed by atoms with van der Waals surface area (Å²) in [5, 5.41) is 13.3. The van der Waals surface area contributed by atoms with Crippen LogP contribution in [0.2, 0.25) is 0 Å². The summed E-state index contributed by atoms with van der Waals surface area (Å²) in [6.45, 7) is 2.67. The molecule has 19 heavy (non-hydrogen) atoms. The molecule has 0 amide bonds. The van der Waals surface area contributed by atoms with Crippen molar-refractivity contribution in [2.45, 2.75) is 19.4 Å². The molecule has 1 aromatic carbocycles. The van der Waals surface area contributed by atoms with Gasteiger partial charge in [0.1, 0.15) is 6.04 Å². The molecule has 0 fully saturated rings. The molecule has 0 bridgehead atoms. The molecule has 3 rings (SSSR count). The van der Waals surface area contributed by atoms with Gasteiger partial charge < -0.3 is 15.4 Å². The van der Waals surface area contributed by atoms with Gasteiger partial charge in [0.2, 0.25) is 0 Å². The van der Waals surface area contributed by atoms with E-state index in [1.165, 1.54) is 5.56 Å². The number of carboxylic acid groups (broad SMARTS) is 1. The fourth-order valence-electron chi connectivity index (χ4n) is 2.67. The van der Waals surface area contributed by atoms with Gasteiger partial charge in [0, 0.05) is 29.2 Å². The van der Waals surface area contributed by atoms with Crippen molar-refractivity contribution < 1.29 is 9.90 Å². The first kappa shape index (κ1) is 12.0. The molecular formula is C15H16N2O2. The third-order valence-electron chi connectivity index (χ3n) is 3.70. The Hall–Kier alpha value is -2.07. The van der Waals surface area contributed by atoms with Crippen molar-refractivity contribution in [2.24, 2.45) is 0 Å². The average Bonchev–Trinajstić information content (AvgIpc) is 2.84. The number of para-hydroxylation sites is 1. The molecule has 98 valence electrons. The van der Waals surface area contributed by atoms with E-state index in [1.807, 2.05) is 12.3 Å². The molecule has 1 aliphatic heterocycles. The van der Waals surface area contributed by atoms with Gasteiger partial charge in [0.05, 0.1) is 0 Å². The second kappa shape index (κ2) is 4.55. The number of H-pyrrole nitrogens is 1. The molecule has 3 N–H and O–H groups in total. The molecule has 1 atom stereocenters. The number of carboxylic acids is 1. The standard InChI is InChI=1S/C15H16N2O2/c1-9-3-2-4-11-12(8-17-14(9)11)10-5-6-16-13(7-10)15(18)19/h2-5,8,13,16-17H,6-7H2,1H3,(H,18,19). The lowest BCUT2D eigenvalue weighted by atomic mass is 9.95. The number of aromatic amines is 1. The number of rotatable bonds is 2. The molecule has 0 spiro atoms. The Morgan fingerprint density at radius 2 is 2.26 bits per heavy atom. The van der Waals surface area contributed by atoms with E-state index < -0.39 is 12.0 Å². The number of benzene rings is 1. The van der Waals surface area contributed by atoms with Crippen molar-refractivity contribution in [1.29, 1.82) is 0 Å². The minimum absolute atomic E-state index is 0.491. The van der Waals surface area contributed by atoms with Gasteiger partial charge in [-0.25, -0.2) is 0 Å². The number of aryl methyl sites for hydroxylation is 1. The molecule has 0 saturated heterocycles. The highest BCUT2D eigenvalue weighted by atomic mass is 16.4. The summed E-state index contributed by atoms with van der Waals surface area (Å²) in [5.41, 5.74) is 4.55. The number of hydrogen-bond acceptors (Lipinski definition) is 2. The Bertz CT molecular complexity index is 670. The summed E-state index contributed by atoms with van der Waals surface area (Å²) in [7, 11) is 0. The van der Waals surface area contributed by atoms with E-state index in [1.54, 1.807) is 0 Å². The number of aliphatic carboxylic acids is 1. The molecule has 2 heterocycles. The summed E-state index contributed by atoms with van der Waals surface area (Å²) in [6.07, 6.45) is 4.58. The lowest BCUT2D eigenvalue weighted by Gasteiger charge is -2.20. The van der Waals surface area contributed by atoms with Crippen LogP contribution in [0.25, 0.3) is 16.5 Å². The first-order chi connectivity index (χ1) is 9.16. The summed E-state index contributed by atoms with van der Waals surface area (Å²) >= 11 is 0. The maximum atomic E-state index is 11.1. The second-order valence-electron chi connectivity index (χ2n) is 4.93. The maximum absolute atomic E-state index is 11.1. The second-order valence-corrected chi connectivity index (χ2v) is 4.93. The number of nitrogens with one attached hydrogen (secondary N) is 2. The highest BCUT2D eigenvalue weighted by Gasteiger charge is 2.23. The van der Waals surface area contributed by atoms with Crippen LogP contribution in [0.15, 0.2) is 30.5 Å². The maximum Gasteiger partial charge on any atom is 0.321 e. The van der Waals surface area contributed by atoms with Crippen LogP contribution in [0.1, 0.15) is 17.5 Å². The predicted molar refractivity (Wildman–Crippen MR) is 75.1 cm³/mol. The van der Waals surface area contributed by atoms with E-state index in [4.69, 9.17) is 5.11 Å². The first-order valence-corrected chi connectivity index (χ1v) is 6.39. The topological polar surface area (TPSA) is 65.1 Å². The van der Waals surface area contributed by atoms with Crippen LogP contribution in [-0.2, 0) is 4.79 Å². The van der Waals surface area contributed by atoms with Crippen LogP contribution in [0, 0.1) is 6.92 Å². The molecule has 1 aliphatic rings. The molecule has 0 saturated carbocycles. The van der Waals surface area contributed by atoms with Crippen LogP contribution < -0.4 is 5.32 Å². The van der Waals surface area contributed by atoms with Crippen molar-refractivity contribution in [2.75, 3.05) is 6.54 Å². The van der Waals surface area contributed by atoms with E-state index in [0.29, 0.717) is 13.0 Å². The minimum Gasteiger partial charge on any atom is -0.480 e. The smallest absolute Gasteiger partial charge is 0.321 e. The SMILES string of the molecule is Cc1cccc2c(C3=CCNC(C(=O)O)C3)c[nH]c12. The van der Waals surface area contributed by atoms with Crippen molar-refractivity contribution in [3.8, 4) is 0 Å². The molecule has 2 aromatic rings. The molecule has 0 aliphatic carbocycles. The summed E-state index contributed by atoms with van der Waals surface area (Å²) in [5.74, 6) is -0.790. The van der Waals surface area contributed by atoms with Gasteiger partial charge >= 0.3 is 5.97 Å². The lowest BCUT2D eigenvalue weighted by Crippen LogP contribution is -2.39. The zero-order valence-electron chi connectivity index (χ0n) is 10.7. The van der Waals surface area contributed by atoms with E-state index in [2.05, 4.69) is 35.4 Å². The van der Waals surface area contributed by atoms with Gasteiger partial charge in [0.15, 0.2) is 0 Å². The van der Waals surface area contributed by atoms with Crippen LogP contribution in [0.4, 0.5) is 0 Å². The Balaban J connectivity index is 2.03. The molecular weight excluding hydrogens is 240 g/mol. The number of fused-ring (bicyclic) bond motifs is 1. The monoisotopic (exact) mass is 256 g/mol. The molecule has 0 radical (unpaired) electrons. The van der Waals surface area contributed by atoms with Gasteiger partial charge in [-0.2, -0.15) is 0 Å². The van der Waals surface area contributed by atoms with Crippen LogP contribution in [0.3, 0.4) is 0 Å². The fourth-order valence-corrected chi connectivity index (χ4v) is 2.67. The van der Waals surface area contributed by atoms with Gasteiger partial charge in [-0.1, -0.05) is 24.3 Å². The van der Waals surface area contributed by atoms with E-state index in [0.717, 1.165) is 22.0 Å². The normalized spacial score (nSPS) is 19.4. The van der Waals surface area contributed by atoms with Crippen LogP contribution in [-0.4, -0.2) is 28.6 Å². The highest BCUT2D eigenvalue weighted by Crippen LogP contribution is 2.30. The zero-order chi connectivity index (χ0) is 13.4. The Labute approximate surface area is 111 Å². The zero-order valence-corrected chi connectivity index (χ0v) is 10.7. The molecule has 1 unspecified atom stereocenters. The van der Waals surface area contributed by atoms with Gasteiger partial charge in [-0.3, -0.25) is 4.79 Å². The van der Waals surface area contributed by atoms with Crippen LogP contribution >= 0.6 is 0 Å². The average molecular weight is 256 g/mol. The number of carbonyl (C=O) groups is 1. The van der Waals surface area contributed by atoms with Crippen molar-refractivity contribution in [3.05, 3.63) is 41.6 Å². The van der Waals surface area contributed by atoms with E-state index in [-0.39, 0.29) is 0 Å². The lowest BCUT2D eigenvalue weighted by molar-refractivity contribution is -0.139. The fraction of sp³-hybridized carbons (Fsp3) is 0.267. The Kier molecular flexibility index (Phi) is 2.87. The van der Waals surface area contributed by atoms with Crippen molar-refractivity contribution in [3.63, 3.8) is 0 Å². The molecule has 4 nitrogen and oxygen atoms in total. The quantitative estimate of drug-likeness (QED) is 0.772. The largest absolute Gasteiger partial charge is 0.480 e. The van der Waals surface area contributed by atoms with Crippen molar-refractivity contribution >= 4 is 22.4 Å². The summed E-state index contributed by atoms with van der Waals surface area (Å²) in [6, 6.07) is 5.69. The summed E-state index contributed by atoms with van der Waals surface area (Å²) in [4.78, 5) is 14.4. The first-order valence-electron chi connectivity index (χ1n) is 6.39. The van der Waals surface area contributed by atoms with Crippen molar-refractivity contribution in [1.82, 2.24) is 10.3 Å². The third kappa shape index (κ3) is 2.04. The van der Waals surface area contributed by atoms with E-state index in [9.17, 15) is 4.79 Å². The number of hydrogen-bond donors (Lipinski definition) is 3. The van der Waals surface area contributed by atoms with Gasteiger partial charge in [-0.05, 0) is 24.5 Å². The third-order valence-corrected chi connectivity index (χ3v) is 3.70. The van der Waals surface area contributed by atoms with Gasteiger partial charge in [-0.15, -0.1) is 0 Å². The predicted octanol–water partition coefficient (Wildman–Crippen LogP) is 2.31. The highest BCUT2D eigenvalue weighted by molar-refractivity contribution is 5.95. The number of aromatic nitrogens is 1. The van der Waals surface area contributed by atoms with Crippen LogP contribution in [0.5, 0.6) is 0 Å². The molecule has 1 aromatic heterocycles. The minimum atomic E-state index is -0.790. The Morgan fingerprint density at radius 1 is 1.42 bits per heavy atom. The van der Waals surface area contributed by atoms with Gasteiger partial charge in [0.25, 0.3) is 0 Å².